The summed E-state index contributed by atoms with van der Waals surface area (Å²) in [5.74, 6) is 0.381. The number of aryl methyl sites for hydroxylation is 1. The lowest BCUT2D eigenvalue weighted by Gasteiger charge is -2.11. The molecule has 0 aliphatic heterocycles. The molecule has 0 saturated carbocycles. The fourth-order valence-electron chi connectivity index (χ4n) is 1.95. The number of H-pyrrole nitrogens is 1. The largest absolute Gasteiger partial charge is 0.496 e. The van der Waals surface area contributed by atoms with E-state index >= 15 is 0 Å². The van der Waals surface area contributed by atoms with E-state index in [0.717, 1.165) is 16.9 Å². The zero-order valence-corrected chi connectivity index (χ0v) is 13.0. The minimum atomic E-state index is -0.353. The lowest BCUT2D eigenvalue weighted by Crippen LogP contribution is -2.27. The van der Waals surface area contributed by atoms with Crippen molar-refractivity contribution >= 4 is 17.5 Å². The third-order valence-corrected chi connectivity index (χ3v) is 3.56. The highest BCUT2D eigenvalue weighted by Gasteiger charge is 2.09. The van der Waals surface area contributed by atoms with Crippen LogP contribution in [0.5, 0.6) is 5.75 Å². The normalized spacial score (nSPS) is 10.3. The molecule has 1 heterocycles. The third kappa shape index (κ3) is 3.85. The Hall–Kier alpha value is -2.34. The molecule has 7 heteroatoms. The average molecular weight is 322 g/mol. The summed E-state index contributed by atoms with van der Waals surface area (Å²) < 4.78 is 5.31. The van der Waals surface area contributed by atoms with Crippen LogP contribution < -0.4 is 15.6 Å². The molecule has 0 saturated heterocycles. The van der Waals surface area contributed by atoms with Crippen LogP contribution >= 0.6 is 11.6 Å². The fraction of sp³-hybridized carbons (Fsp3) is 0.267. The number of aromatic nitrogens is 2. The Labute approximate surface area is 132 Å². The number of aromatic amines is 1. The molecule has 1 amide bonds. The Morgan fingerprint density at radius 1 is 1.41 bits per heavy atom. The summed E-state index contributed by atoms with van der Waals surface area (Å²) in [5.41, 5.74) is 1.65. The number of ether oxygens (including phenoxy) is 1. The van der Waals surface area contributed by atoms with Gasteiger partial charge >= 0.3 is 0 Å². The van der Waals surface area contributed by atoms with E-state index in [4.69, 9.17) is 16.3 Å². The standard InChI is InChI=1S/C15H16ClN3O3/c1-9-7-13(22-2)10(8-11(9)16)5-6-17-15(21)12-3-4-14(20)19-18-12/h3-4,7-8H,5-6H2,1-2H3,(H,17,21)(H,19,20). The van der Waals surface area contributed by atoms with Gasteiger partial charge in [-0.3, -0.25) is 9.59 Å². The number of amides is 1. The summed E-state index contributed by atoms with van der Waals surface area (Å²) >= 11 is 6.11. The van der Waals surface area contributed by atoms with Gasteiger partial charge in [-0.1, -0.05) is 11.6 Å². The van der Waals surface area contributed by atoms with Crippen LogP contribution in [0.2, 0.25) is 5.02 Å². The van der Waals surface area contributed by atoms with E-state index < -0.39 is 0 Å². The molecule has 0 aliphatic carbocycles. The first-order valence-electron chi connectivity index (χ1n) is 6.68. The van der Waals surface area contributed by atoms with Crippen LogP contribution in [0.1, 0.15) is 21.6 Å². The van der Waals surface area contributed by atoms with Crippen molar-refractivity contribution in [3.8, 4) is 5.75 Å². The molecule has 2 aromatic rings. The molecule has 0 aliphatic rings. The third-order valence-electron chi connectivity index (χ3n) is 3.15. The SMILES string of the molecule is COc1cc(C)c(Cl)cc1CCNC(=O)c1ccc(=O)[nH]n1. The molecule has 1 aromatic heterocycles. The van der Waals surface area contributed by atoms with Gasteiger partial charge in [-0.15, -0.1) is 0 Å². The maximum Gasteiger partial charge on any atom is 0.271 e. The van der Waals surface area contributed by atoms with Gasteiger partial charge in [-0.05, 0) is 42.7 Å². The molecule has 2 N–H and O–H groups in total. The zero-order valence-electron chi connectivity index (χ0n) is 12.3. The first kappa shape index (κ1) is 16.0. The van der Waals surface area contributed by atoms with Crippen molar-refractivity contribution in [1.29, 1.82) is 0 Å². The average Bonchev–Trinajstić information content (AvgIpc) is 2.51. The highest BCUT2D eigenvalue weighted by molar-refractivity contribution is 6.31. The van der Waals surface area contributed by atoms with E-state index in [2.05, 4.69) is 15.5 Å². The van der Waals surface area contributed by atoms with Crippen molar-refractivity contribution < 1.29 is 9.53 Å². The van der Waals surface area contributed by atoms with Crippen molar-refractivity contribution in [1.82, 2.24) is 15.5 Å². The first-order valence-corrected chi connectivity index (χ1v) is 7.06. The Kier molecular flexibility index (Phi) is 5.16. The van der Waals surface area contributed by atoms with Crippen LogP contribution in [0.15, 0.2) is 29.1 Å². The van der Waals surface area contributed by atoms with Crippen LogP contribution in [-0.4, -0.2) is 29.8 Å². The number of methoxy groups -OCH3 is 1. The maximum absolute atomic E-state index is 11.9. The molecule has 0 atom stereocenters. The van der Waals surface area contributed by atoms with Gasteiger partial charge in [-0.25, -0.2) is 5.10 Å². The Morgan fingerprint density at radius 2 is 2.18 bits per heavy atom. The van der Waals surface area contributed by atoms with Crippen molar-refractivity contribution in [2.24, 2.45) is 0 Å². The Balaban J connectivity index is 1.99. The molecule has 0 bridgehead atoms. The summed E-state index contributed by atoms with van der Waals surface area (Å²) in [7, 11) is 1.59. The number of hydrogen-bond donors (Lipinski definition) is 2. The molecule has 1 aromatic carbocycles. The predicted octanol–water partition coefficient (Wildman–Crippen LogP) is 1.71. The van der Waals surface area contributed by atoms with Gasteiger partial charge in [0, 0.05) is 17.6 Å². The van der Waals surface area contributed by atoms with Gasteiger partial charge in [0.25, 0.3) is 11.5 Å². The number of benzene rings is 1. The van der Waals surface area contributed by atoms with Crippen LogP contribution in [-0.2, 0) is 6.42 Å². The Morgan fingerprint density at radius 3 is 2.82 bits per heavy atom. The monoisotopic (exact) mass is 321 g/mol. The quantitative estimate of drug-likeness (QED) is 0.878. The summed E-state index contributed by atoms with van der Waals surface area (Å²) in [4.78, 5) is 22.8. The van der Waals surface area contributed by atoms with Crippen LogP contribution in [0.4, 0.5) is 0 Å². The molecular formula is C15H16ClN3O3. The number of carbonyl (C=O) groups is 1. The second-order valence-electron chi connectivity index (χ2n) is 4.73. The van der Waals surface area contributed by atoms with E-state index in [0.29, 0.717) is 18.0 Å². The lowest BCUT2D eigenvalue weighted by atomic mass is 10.1. The molecule has 6 nitrogen and oxygen atoms in total. The maximum atomic E-state index is 11.9. The second kappa shape index (κ2) is 7.09. The van der Waals surface area contributed by atoms with E-state index in [-0.39, 0.29) is 17.2 Å². The van der Waals surface area contributed by atoms with Crippen molar-refractivity contribution in [3.05, 3.63) is 56.5 Å². The minimum Gasteiger partial charge on any atom is -0.496 e. The number of hydrogen-bond acceptors (Lipinski definition) is 4. The van der Waals surface area contributed by atoms with E-state index in [1.54, 1.807) is 7.11 Å². The molecule has 0 fully saturated rings. The molecule has 2 rings (SSSR count). The molecule has 0 spiro atoms. The first-order chi connectivity index (χ1) is 10.5. The molecular weight excluding hydrogens is 306 g/mol. The summed E-state index contributed by atoms with van der Waals surface area (Å²) in [6.07, 6.45) is 0.568. The van der Waals surface area contributed by atoms with Gasteiger partial charge in [0.05, 0.1) is 7.11 Å². The molecule has 116 valence electrons. The van der Waals surface area contributed by atoms with Crippen molar-refractivity contribution in [2.45, 2.75) is 13.3 Å². The Bertz CT molecular complexity index is 723. The highest BCUT2D eigenvalue weighted by atomic mass is 35.5. The number of carbonyl (C=O) groups excluding carboxylic acids is 1. The number of nitrogens with zero attached hydrogens (tertiary/aromatic N) is 1. The van der Waals surface area contributed by atoms with Crippen molar-refractivity contribution in [3.63, 3.8) is 0 Å². The second-order valence-corrected chi connectivity index (χ2v) is 5.13. The van der Waals surface area contributed by atoms with E-state index in [1.807, 2.05) is 19.1 Å². The van der Waals surface area contributed by atoms with Crippen molar-refractivity contribution in [2.75, 3.05) is 13.7 Å². The van der Waals surface area contributed by atoms with Gasteiger partial charge in [-0.2, -0.15) is 5.10 Å². The van der Waals surface area contributed by atoms with Crippen LogP contribution in [0, 0.1) is 6.92 Å². The predicted molar refractivity (Wildman–Crippen MR) is 83.6 cm³/mol. The molecule has 0 unspecified atom stereocenters. The molecule has 22 heavy (non-hydrogen) atoms. The number of nitrogens with one attached hydrogen (secondary N) is 2. The fourth-order valence-corrected chi connectivity index (χ4v) is 2.14. The van der Waals surface area contributed by atoms with E-state index in [9.17, 15) is 9.59 Å². The van der Waals surface area contributed by atoms with Gasteiger partial charge < -0.3 is 10.1 Å². The summed E-state index contributed by atoms with van der Waals surface area (Å²) in [5, 5.41) is 9.27. The number of halogens is 1. The topological polar surface area (TPSA) is 84.1 Å². The summed E-state index contributed by atoms with van der Waals surface area (Å²) in [6, 6.07) is 6.32. The number of rotatable bonds is 5. The molecule has 0 radical (unpaired) electrons. The van der Waals surface area contributed by atoms with Gasteiger partial charge in [0.1, 0.15) is 11.4 Å². The van der Waals surface area contributed by atoms with Gasteiger partial charge in [0.2, 0.25) is 0 Å². The lowest BCUT2D eigenvalue weighted by molar-refractivity contribution is 0.0948. The minimum absolute atomic E-state index is 0.161. The smallest absolute Gasteiger partial charge is 0.271 e. The van der Waals surface area contributed by atoms with Gasteiger partial charge in [0.15, 0.2) is 0 Å². The summed E-state index contributed by atoms with van der Waals surface area (Å²) in [6.45, 7) is 2.30. The van der Waals surface area contributed by atoms with Crippen LogP contribution in [0.3, 0.4) is 0 Å². The van der Waals surface area contributed by atoms with Crippen LogP contribution in [0.25, 0.3) is 0 Å². The zero-order chi connectivity index (χ0) is 16.1. The van der Waals surface area contributed by atoms with E-state index in [1.165, 1.54) is 12.1 Å². The highest BCUT2D eigenvalue weighted by Crippen LogP contribution is 2.26.